The van der Waals surface area contributed by atoms with Crippen molar-refractivity contribution in [2.45, 2.75) is 13.0 Å². The number of thiophene rings is 1. The Morgan fingerprint density at radius 1 is 1.25 bits per heavy atom. The van der Waals surface area contributed by atoms with Gasteiger partial charge in [0, 0.05) is 41.0 Å². The van der Waals surface area contributed by atoms with E-state index in [0.29, 0.717) is 31.1 Å². The zero-order valence-corrected chi connectivity index (χ0v) is 14.6. The third-order valence-corrected chi connectivity index (χ3v) is 5.03. The highest BCUT2D eigenvalue weighted by molar-refractivity contribution is 7.09. The summed E-state index contributed by atoms with van der Waals surface area (Å²) in [6.07, 6.45) is 0.438. The minimum atomic E-state index is -0.208. The quantitative estimate of drug-likeness (QED) is 0.856. The first-order valence-electron chi connectivity index (χ1n) is 7.72. The van der Waals surface area contributed by atoms with Gasteiger partial charge in [-0.3, -0.25) is 4.79 Å². The lowest BCUT2D eigenvalue weighted by Crippen LogP contribution is -2.38. The van der Waals surface area contributed by atoms with Crippen molar-refractivity contribution in [2.24, 2.45) is 5.92 Å². The molecule has 1 saturated heterocycles. The zero-order chi connectivity index (χ0) is 16.9. The van der Waals surface area contributed by atoms with Gasteiger partial charge in [0.05, 0.1) is 6.54 Å². The lowest BCUT2D eigenvalue weighted by molar-refractivity contribution is -0.117. The Balaban J connectivity index is 1.45. The zero-order valence-electron chi connectivity index (χ0n) is 13.0. The van der Waals surface area contributed by atoms with Crippen LogP contribution in [0.1, 0.15) is 11.3 Å². The standard InChI is InChI=1S/C17H18ClN3O2S/c18-13-3-5-14(6-4-13)21-11-12(8-16(21)22)9-19-17(23)20-10-15-2-1-7-24-15/h1-7,12H,8-11H2,(H2,19,20,23)/t12-/m1/s1. The summed E-state index contributed by atoms with van der Waals surface area (Å²) >= 11 is 7.48. The first kappa shape index (κ1) is 16.8. The second kappa shape index (κ2) is 7.68. The van der Waals surface area contributed by atoms with Crippen molar-refractivity contribution in [3.63, 3.8) is 0 Å². The summed E-state index contributed by atoms with van der Waals surface area (Å²) in [5.74, 6) is 0.184. The summed E-state index contributed by atoms with van der Waals surface area (Å²) in [7, 11) is 0. The molecule has 0 radical (unpaired) electrons. The van der Waals surface area contributed by atoms with E-state index in [2.05, 4.69) is 10.6 Å². The molecule has 1 aromatic heterocycles. The highest BCUT2D eigenvalue weighted by Gasteiger charge is 2.30. The molecule has 0 bridgehead atoms. The molecule has 3 rings (SSSR count). The predicted octanol–water partition coefficient (Wildman–Crippen LogP) is 3.25. The van der Waals surface area contributed by atoms with Crippen LogP contribution in [-0.2, 0) is 11.3 Å². The fourth-order valence-electron chi connectivity index (χ4n) is 2.67. The molecule has 0 aliphatic carbocycles. The van der Waals surface area contributed by atoms with Gasteiger partial charge < -0.3 is 15.5 Å². The summed E-state index contributed by atoms with van der Waals surface area (Å²) in [6.45, 7) is 1.60. The Morgan fingerprint density at radius 3 is 2.75 bits per heavy atom. The van der Waals surface area contributed by atoms with E-state index in [4.69, 9.17) is 11.6 Å². The van der Waals surface area contributed by atoms with E-state index >= 15 is 0 Å². The van der Waals surface area contributed by atoms with Gasteiger partial charge in [-0.05, 0) is 35.7 Å². The Kier molecular flexibility index (Phi) is 5.37. The van der Waals surface area contributed by atoms with Crippen LogP contribution in [-0.4, -0.2) is 25.0 Å². The molecule has 1 aliphatic heterocycles. The van der Waals surface area contributed by atoms with Crippen molar-refractivity contribution < 1.29 is 9.59 Å². The molecule has 1 aliphatic rings. The van der Waals surface area contributed by atoms with E-state index in [9.17, 15) is 9.59 Å². The third-order valence-electron chi connectivity index (χ3n) is 3.90. The van der Waals surface area contributed by atoms with Crippen molar-refractivity contribution in [2.75, 3.05) is 18.0 Å². The highest BCUT2D eigenvalue weighted by Crippen LogP contribution is 2.25. The molecule has 0 saturated carbocycles. The molecule has 3 amide bonds. The van der Waals surface area contributed by atoms with Gasteiger partial charge in [-0.1, -0.05) is 17.7 Å². The molecule has 1 fully saturated rings. The third kappa shape index (κ3) is 4.27. The number of hydrogen-bond donors (Lipinski definition) is 2. The number of nitrogens with one attached hydrogen (secondary N) is 2. The van der Waals surface area contributed by atoms with Crippen molar-refractivity contribution >= 4 is 40.6 Å². The summed E-state index contributed by atoms with van der Waals surface area (Å²) in [4.78, 5) is 26.8. The first-order valence-corrected chi connectivity index (χ1v) is 8.97. The molecule has 2 aromatic rings. The molecule has 7 heteroatoms. The van der Waals surface area contributed by atoms with Gasteiger partial charge in [0.25, 0.3) is 0 Å². The van der Waals surface area contributed by atoms with Crippen LogP contribution in [0.5, 0.6) is 0 Å². The van der Waals surface area contributed by atoms with Crippen LogP contribution in [0.15, 0.2) is 41.8 Å². The molecule has 24 heavy (non-hydrogen) atoms. The lowest BCUT2D eigenvalue weighted by atomic mass is 10.1. The van der Waals surface area contributed by atoms with Gasteiger partial charge in [-0.25, -0.2) is 4.79 Å². The van der Waals surface area contributed by atoms with Crippen molar-refractivity contribution in [1.82, 2.24) is 10.6 Å². The minimum Gasteiger partial charge on any atom is -0.338 e. The van der Waals surface area contributed by atoms with E-state index in [1.807, 2.05) is 29.6 Å². The number of anilines is 1. The fourth-order valence-corrected chi connectivity index (χ4v) is 3.44. The number of hydrogen-bond acceptors (Lipinski definition) is 3. The van der Waals surface area contributed by atoms with Crippen LogP contribution in [0.4, 0.5) is 10.5 Å². The van der Waals surface area contributed by atoms with Gasteiger partial charge >= 0.3 is 6.03 Å². The summed E-state index contributed by atoms with van der Waals surface area (Å²) in [6, 6.07) is 10.9. The number of amides is 3. The molecule has 0 unspecified atom stereocenters. The summed E-state index contributed by atoms with van der Waals surface area (Å²) in [5.41, 5.74) is 0.842. The Bertz CT molecular complexity index is 703. The number of benzene rings is 1. The predicted molar refractivity (Wildman–Crippen MR) is 96.5 cm³/mol. The van der Waals surface area contributed by atoms with Crippen molar-refractivity contribution in [1.29, 1.82) is 0 Å². The van der Waals surface area contributed by atoms with Crippen LogP contribution in [0.25, 0.3) is 0 Å². The number of urea groups is 1. The largest absolute Gasteiger partial charge is 0.338 e. The van der Waals surface area contributed by atoms with E-state index in [1.54, 1.807) is 28.4 Å². The van der Waals surface area contributed by atoms with E-state index in [-0.39, 0.29) is 17.9 Å². The Labute approximate surface area is 149 Å². The van der Waals surface area contributed by atoms with Crippen molar-refractivity contribution in [3.05, 3.63) is 51.7 Å². The van der Waals surface area contributed by atoms with Crippen LogP contribution < -0.4 is 15.5 Å². The molecule has 2 N–H and O–H groups in total. The van der Waals surface area contributed by atoms with E-state index < -0.39 is 0 Å². The van der Waals surface area contributed by atoms with Gasteiger partial charge in [-0.15, -0.1) is 11.3 Å². The average Bonchev–Trinajstić information content (AvgIpc) is 3.21. The van der Waals surface area contributed by atoms with Gasteiger partial charge in [0.2, 0.25) is 5.91 Å². The molecular formula is C17H18ClN3O2S. The Hall–Kier alpha value is -2.05. The first-order chi connectivity index (χ1) is 11.6. The second-order valence-electron chi connectivity index (χ2n) is 5.69. The number of carbonyl (C=O) groups is 2. The Morgan fingerprint density at radius 2 is 2.04 bits per heavy atom. The second-order valence-corrected chi connectivity index (χ2v) is 7.16. The molecule has 126 valence electrons. The molecule has 1 atom stereocenters. The van der Waals surface area contributed by atoms with Gasteiger partial charge in [0.1, 0.15) is 0 Å². The maximum absolute atomic E-state index is 12.2. The average molecular weight is 364 g/mol. The van der Waals surface area contributed by atoms with E-state index in [1.165, 1.54) is 0 Å². The number of halogens is 1. The fraction of sp³-hybridized carbons (Fsp3) is 0.294. The molecule has 5 nitrogen and oxygen atoms in total. The monoisotopic (exact) mass is 363 g/mol. The van der Waals surface area contributed by atoms with Crippen molar-refractivity contribution in [3.8, 4) is 0 Å². The van der Waals surface area contributed by atoms with Crippen LogP contribution >= 0.6 is 22.9 Å². The molecule has 2 heterocycles. The van der Waals surface area contributed by atoms with Gasteiger partial charge in [0.15, 0.2) is 0 Å². The molecule has 0 spiro atoms. The molecular weight excluding hydrogens is 346 g/mol. The highest BCUT2D eigenvalue weighted by atomic mass is 35.5. The van der Waals surface area contributed by atoms with Crippen LogP contribution in [0, 0.1) is 5.92 Å². The number of rotatable bonds is 5. The number of nitrogens with zero attached hydrogens (tertiary/aromatic N) is 1. The number of carbonyl (C=O) groups excluding carboxylic acids is 2. The normalized spacial score (nSPS) is 17.1. The maximum atomic E-state index is 12.2. The SMILES string of the molecule is O=C(NCc1cccs1)NC[C@H]1CC(=O)N(c2ccc(Cl)cc2)C1. The van der Waals surface area contributed by atoms with Crippen LogP contribution in [0.2, 0.25) is 5.02 Å². The lowest BCUT2D eigenvalue weighted by Gasteiger charge is -2.17. The molecule has 1 aromatic carbocycles. The topological polar surface area (TPSA) is 61.4 Å². The smallest absolute Gasteiger partial charge is 0.315 e. The summed E-state index contributed by atoms with van der Waals surface area (Å²) < 4.78 is 0. The van der Waals surface area contributed by atoms with Crippen LogP contribution in [0.3, 0.4) is 0 Å². The van der Waals surface area contributed by atoms with Gasteiger partial charge in [-0.2, -0.15) is 0 Å². The van der Waals surface area contributed by atoms with E-state index in [0.717, 1.165) is 10.6 Å². The maximum Gasteiger partial charge on any atom is 0.315 e. The summed E-state index contributed by atoms with van der Waals surface area (Å²) in [5, 5.41) is 8.28. The minimum absolute atomic E-state index is 0.0723.